The van der Waals surface area contributed by atoms with Crippen LogP contribution in [0, 0.1) is 6.92 Å². The molecule has 2 rings (SSSR count). The average Bonchev–Trinajstić information content (AvgIpc) is 2.38. The van der Waals surface area contributed by atoms with Crippen LogP contribution in [0.15, 0.2) is 35.1 Å². The Labute approximate surface area is 105 Å². The molecule has 1 aromatic carbocycles. The number of nitrogens with zero attached hydrogens (tertiary/aromatic N) is 1. The number of aliphatic hydroxyl groups excluding tert-OH is 1. The fraction of sp³-hybridized carbons (Fsp3) is 0.286. The quantitative estimate of drug-likeness (QED) is 0.859. The van der Waals surface area contributed by atoms with Gasteiger partial charge in [-0.05, 0) is 43.0 Å². The summed E-state index contributed by atoms with van der Waals surface area (Å²) in [4.78, 5) is 11.0. The summed E-state index contributed by atoms with van der Waals surface area (Å²) in [5.74, 6) is 0. The van der Waals surface area contributed by atoms with E-state index in [0.29, 0.717) is 0 Å². The molecule has 1 heterocycles. The van der Waals surface area contributed by atoms with E-state index in [-0.39, 0.29) is 12.2 Å². The number of rotatable bonds is 4. The first kappa shape index (κ1) is 12.5. The summed E-state index contributed by atoms with van der Waals surface area (Å²) >= 11 is 0. The highest BCUT2D eigenvalue weighted by Gasteiger charge is 2.03. The van der Waals surface area contributed by atoms with Gasteiger partial charge in [0.2, 0.25) is 0 Å². The number of aliphatic hydroxyl groups is 1. The highest BCUT2D eigenvalue weighted by Crippen LogP contribution is 2.20. The lowest BCUT2D eigenvalue weighted by Gasteiger charge is -2.07. The van der Waals surface area contributed by atoms with Gasteiger partial charge in [-0.15, -0.1) is 0 Å². The number of aromatic nitrogens is 2. The SMILES string of the molecule is Cc1cc(-c2ccc(=O)[nH]n2)ccc1CCCO. The molecule has 94 valence electrons. The van der Waals surface area contributed by atoms with Gasteiger partial charge < -0.3 is 5.11 Å². The molecule has 0 radical (unpaired) electrons. The molecular formula is C14H16N2O2. The Bertz CT molecular complexity index is 570. The molecule has 2 N–H and O–H groups in total. The lowest BCUT2D eigenvalue weighted by molar-refractivity contribution is 0.288. The smallest absolute Gasteiger partial charge is 0.264 e. The Morgan fingerprint density at radius 2 is 2.11 bits per heavy atom. The number of aryl methyl sites for hydroxylation is 2. The lowest BCUT2D eigenvalue weighted by Crippen LogP contribution is -2.05. The van der Waals surface area contributed by atoms with Crippen molar-refractivity contribution in [2.75, 3.05) is 6.61 Å². The van der Waals surface area contributed by atoms with Gasteiger partial charge >= 0.3 is 0 Å². The fourth-order valence-corrected chi connectivity index (χ4v) is 1.91. The Morgan fingerprint density at radius 1 is 1.28 bits per heavy atom. The number of aromatic amines is 1. The number of benzene rings is 1. The van der Waals surface area contributed by atoms with Crippen molar-refractivity contribution in [1.29, 1.82) is 0 Å². The zero-order valence-electron chi connectivity index (χ0n) is 10.3. The van der Waals surface area contributed by atoms with Gasteiger partial charge in [0.05, 0.1) is 5.69 Å². The summed E-state index contributed by atoms with van der Waals surface area (Å²) in [6, 6.07) is 9.26. The second-order valence-electron chi connectivity index (χ2n) is 4.27. The molecule has 4 nitrogen and oxygen atoms in total. The summed E-state index contributed by atoms with van der Waals surface area (Å²) in [6.07, 6.45) is 1.65. The molecule has 0 bridgehead atoms. The fourth-order valence-electron chi connectivity index (χ4n) is 1.91. The summed E-state index contributed by atoms with van der Waals surface area (Å²) in [5.41, 5.74) is 3.95. The molecule has 0 aliphatic rings. The Morgan fingerprint density at radius 3 is 2.72 bits per heavy atom. The molecule has 0 fully saturated rings. The summed E-state index contributed by atoms with van der Waals surface area (Å²) in [5, 5.41) is 15.3. The van der Waals surface area contributed by atoms with Gasteiger partial charge in [-0.1, -0.05) is 12.1 Å². The first-order valence-electron chi connectivity index (χ1n) is 5.97. The number of hydrogen-bond acceptors (Lipinski definition) is 3. The van der Waals surface area contributed by atoms with Gasteiger partial charge in [0.15, 0.2) is 0 Å². The van der Waals surface area contributed by atoms with Crippen molar-refractivity contribution in [3.8, 4) is 11.3 Å². The van der Waals surface area contributed by atoms with Crippen LogP contribution in [0.1, 0.15) is 17.5 Å². The number of H-pyrrole nitrogens is 1. The molecule has 0 saturated heterocycles. The molecule has 18 heavy (non-hydrogen) atoms. The van der Waals surface area contributed by atoms with E-state index < -0.39 is 0 Å². The first-order chi connectivity index (χ1) is 8.70. The van der Waals surface area contributed by atoms with Crippen LogP contribution in [0.4, 0.5) is 0 Å². The Balaban J connectivity index is 2.28. The van der Waals surface area contributed by atoms with Crippen LogP contribution in [-0.4, -0.2) is 21.9 Å². The maximum Gasteiger partial charge on any atom is 0.264 e. The van der Waals surface area contributed by atoms with Gasteiger partial charge in [-0.3, -0.25) is 4.79 Å². The van der Waals surface area contributed by atoms with Crippen LogP contribution in [0.25, 0.3) is 11.3 Å². The summed E-state index contributed by atoms with van der Waals surface area (Å²) in [6.45, 7) is 2.25. The van der Waals surface area contributed by atoms with E-state index in [9.17, 15) is 4.79 Å². The highest BCUT2D eigenvalue weighted by molar-refractivity contribution is 5.60. The van der Waals surface area contributed by atoms with Gasteiger partial charge in [-0.2, -0.15) is 5.10 Å². The summed E-state index contributed by atoms with van der Waals surface area (Å²) in [7, 11) is 0. The molecule has 0 atom stereocenters. The molecule has 0 amide bonds. The van der Waals surface area contributed by atoms with Gasteiger partial charge in [0.25, 0.3) is 5.56 Å². The van der Waals surface area contributed by atoms with Crippen LogP contribution in [0.2, 0.25) is 0 Å². The topological polar surface area (TPSA) is 66.0 Å². The van der Waals surface area contributed by atoms with E-state index in [4.69, 9.17) is 5.11 Å². The van der Waals surface area contributed by atoms with Gasteiger partial charge in [0.1, 0.15) is 0 Å². The number of nitrogens with one attached hydrogen (secondary N) is 1. The van der Waals surface area contributed by atoms with E-state index in [1.807, 2.05) is 25.1 Å². The molecular weight excluding hydrogens is 228 g/mol. The van der Waals surface area contributed by atoms with Crippen molar-refractivity contribution >= 4 is 0 Å². The van der Waals surface area contributed by atoms with Crippen molar-refractivity contribution < 1.29 is 5.11 Å². The first-order valence-corrected chi connectivity index (χ1v) is 5.97. The third-order valence-corrected chi connectivity index (χ3v) is 2.92. The predicted octanol–water partition coefficient (Wildman–Crippen LogP) is 1.67. The van der Waals surface area contributed by atoms with Crippen molar-refractivity contribution in [1.82, 2.24) is 10.2 Å². The van der Waals surface area contributed by atoms with Gasteiger partial charge in [0, 0.05) is 18.2 Å². The number of hydrogen-bond donors (Lipinski definition) is 2. The monoisotopic (exact) mass is 244 g/mol. The molecule has 0 unspecified atom stereocenters. The van der Waals surface area contributed by atoms with Crippen LogP contribution >= 0.6 is 0 Å². The second-order valence-corrected chi connectivity index (χ2v) is 4.27. The van der Waals surface area contributed by atoms with E-state index in [2.05, 4.69) is 10.2 Å². The van der Waals surface area contributed by atoms with Crippen molar-refractivity contribution in [3.05, 3.63) is 51.8 Å². The largest absolute Gasteiger partial charge is 0.396 e. The Hall–Kier alpha value is -1.94. The van der Waals surface area contributed by atoms with Crippen molar-refractivity contribution in [2.24, 2.45) is 0 Å². The van der Waals surface area contributed by atoms with Crippen LogP contribution in [0.5, 0.6) is 0 Å². The lowest BCUT2D eigenvalue weighted by atomic mass is 10.00. The molecule has 2 aromatic rings. The molecule has 0 aliphatic heterocycles. The minimum absolute atomic E-state index is 0.199. The molecule has 0 spiro atoms. The third kappa shape index (κ3) is 2.84. The minimum atomic E-state index is -0.199. The molecule has 0 aliphatic carbocycles. The van der Waals surface area contributed by atoms with E-state index in [1.54, 1.807) is 6.07 Å². The van der Waals surface area contributed by atoms with Crippen molar-refractivity contribution in [3.63, 3.8) is 0 Å². The van der Waals surface area contributed by atoms with Gasteiger partial charge in [-0.25, -0.2) is 5.10 Å². The minimum Gasteiger partial charge on any atom is -0.396 e. The van der Waals surface area contributed by atoms with Crippen molar-refractivity contribution in [2.45, 2.75) is 19.8 Å². The highest BCUT2D eigenvalue weighted by atomic mass is 16.2. The second kappa shape index (κ2) is 5.60. The van der Waals surface area contributed by atoms with Crippen LogP contribution in [-0.2, 0) is 6.42 Å². The molecule has 1 aromatic heterocycles. The van der Waals surface area contributed by atoms with E-state index >= 15 is 0 Å². The molecule has 4 heteroatoms. The molecule has 0 saturated carbocycles. The van der Waals surface area contributed by atoms with E-state index in [1.165, 1.54) is 17.2 Å². The Kier molecular flexibility index (Phi) is 3.89. The summed E-state index contributed by atoms with van der Waals surface area (Å²) < 4.78 is 0. The normalized spacial score (nSPS) is 10.6. The zero-order valence-corrected chi connectivity index (χ0v) is 10.3. The van der Waals surface area contributed by atoms with Crippen LogP contribution < -0.4 is 5.56 Å². The van der Waals surface area contributed by atoms with Crippen LogP contribution in [0.3, 0.4) is 0 Å². The zero-order chi connectivity index (χ0) is 13.0. The maximum absolute atomic E-state index is 11.0. The van der Waals surface area contributed by atoms with E-state index in [0.717, 1.165) is 24.1 Å². The average molecular weight is 244 g/mol. The maximum atomic E-state index is 11.0. The predicted molar refractivity (Wildman–Crippen MR) is 70.4 cm³/mol. The third-order valence-electron chi connectivity index (χ3n) is 2.92. The standard InChI is InChI=1S/C14H16N2O2/c1-10-9-12(5-4-11(10)3-2-8-17)13-6-7-14(18)16-15-13/h4-7,9,17H,2-3,8H2,1H3,(H,16,18).